The van der Waals surface area contributed by atoms with Crippen LogP contribution >= 0.6 is 0 Å². The summed E-state index contributed by atoms with van der Waals surface area (Å²) in [7, 11) is -6.91. The van der Waals surface area contributed by atoms with Crippen molar-refractivity contribution in [2.75, 3.05) is 37.7 Å². The molecule has 1 fully saturated rings. The molecule has 8 heteroatoms. The van der Waals surface area contributed by atoms with Gasteiger partial charge in [-0.3, -0.25) is 0 Å². The third-order valence-electron chi connectivity index (χ3n) is 5.28. The van der Waals surface area contributed by atoms with Gasteiger partial charge in [0.25, 0.3) is 0 Å². The fraction of sp³-hybridized carbons (Fsp3) is 0.684. The highest BCUT2D eigenvalue weighted by Crippen LogP contribution is 2.27. The van der Waals surface area contributed by atoms with Crippen LogP contribution in [0.15, 0.2) is 23.1 Å². The van der Waals surface area contributed by atoms with E-state index in [4.69, 9.17) is 0 Å². The van der Waals surface area contributed by atoms with E-state index in [-0.39, 0.29) is 16.4 Å². The summed E-state index contributed by atoms with van der Waals surface area (Å²) in [5.41, 5.74) is 1.70. The Morgan fingerprint density at radius 3 is 2.30 bits per heavy atom. The third kappa shape index (κ3) is 5.53. The highest BCUT2D eigenvalue weighted by Gasteiger charge is 2.39. The number of nitrogens with zero attached hydrogens (tertiary/aromatic N) is 2. The van der Waals surface area contributed by atoms with Gasteiger partial charge in [0.15, 0.2) is 9.84 Å². The first-order valence-corrected chi connectivity index (χ1v) is 12.9. The minimum atomic E-state index is -3.74. The summed E-state index contributed by atoms with van der Waals surface area (Å²) in [5, 5.41) is 0. The topological polar surface area (TPSA) is 74.8 Å². The number of sulfonamides is 1. The second-order valence-electron chi connectivity index (χ2n) is 7.32. The molecule has 2 rings (SSSR count). The maximum atomic E-state index is 13.4. The Kier molecular flexibility index (Phi) is 7.47. The van der Waals surface area contributed by atoms with Gasteiger partial charge in [0.05, 0.1) is 16.4 Å². The van der Waals surface area contributed by atoms with Crippen LogP contribution in [0.5, 0.6) is 0 Å². The Morgan fingerprint density at radius 1 is 1.11 bits per heavy atom. The molecule has 1 aliphatic rings. The fourth-order valence-electron chi connectivity index (χ4n) is 3.71. The lowest BCUT2D eigenvalue weighted by Crippen LogP contribution is -2.42. The van der Waals surface area contributed by atoms with E-state index >= 15 is 0 Å². The minimum absolute atomic E-state index is 0.0621. The molecule has 27 heavy (non-hydrogen) atoms. The lowest BCUT2D eigenvalue weighted by Gasteiger charge is -2.29. The van der Waals surface area contributed by atoms with E-state index in [9.17, 15) is 16.8 Å². The molecule has 1 aromatic carbocycles. The highest BCUT2D eigenvalue weighted by molar-refractivity contribution is 7.92. The number of aryl methyl sites for hydroxylation is 2. The lowest BCUT2D eigenvalue weighted by atomic mass is 10.2. The van der Waals surface area contributed by atoms with Crippen LogP contribution < -0.4 is 0 Å². The Bertz CT molecular complexity index is 846. The molecule has 0 aliphatic carbocycles. The van der Waals surface area contributed by atoms with Crippen molar-refractivity contribution in [3.63, 3.8) is 0 Å². The molecule has 0 radical (unpaired) electrons. The second-order valence-corrected chi connectivity index (χ2v) is 11.4. The SMILES string of the molecule is CCN(CC)CCCN([C@@H]1CCS(=O)(=O)C1)S(=O)(=O)c1ccc(C)cc1C. The molecule has 0 saturated carbocycles. The maximum Gasteiger partial charge on any atom is 0.243 e. The molecule has 0 spiro atoms. The number of benzene rings is 1. The van der Waals surface area contributed by atoms with Crippen molar-refractivity contribution < 1.29 is 16.8 Å². The first-order valence-electron chi connectivity index (χ1n) is 9.62. The molecular weight excluding hydrogens is 384 g/mol. The predicted octanol–water partition coefficient (Wildman–Crippen LogP) is 2.21. The largest absolute Gasteiger partial charge is 0.304 e. The summed E-state index contributed by atoms with van der Waals surface area (Å²) in [6.45, 7) is 10.8. The molecule has 154 valence electrons. The highest BCUT2D eigenvalue weighted by atomic mass is 32.2. The van der Waals surface area contributed by atoms with E-state index in [0.29, 0.717) is 24.9 Å². The van der Waals surface area contributed by atoms with E-state index in [2.05, 4.69) is 18.7 Å². The van der Waals surface area contributed by atoms with Gasteiger partial charge in [-0.05, 0) is 58.0 Å². The normalized spacial score (nSPS) is 19.9. The molecule has 1 aliphatic heterocycles. The summed E-state index contributed by atoms with van der Waals surface area (Å²) in [6, 6.07) is 4.81. The van der Waals surface area contributed by atoms with Crippen molar-refractivity contribution in [3.8, 4) is 0 Å². The van der Waals surface area contributed by atoms with Crippen LogP contribution in [-0.2, 0) is 19.9 Å². The molecule has 6 nitrogen and oxygen atoms in total. The first-order chi connectivity index (χ1) is 12.6. The maximum absolute atomic E-state index is 13.4. The summed E-state index contributed by atoms with van der Waals surface area (Å²) in [5.74, 6) is -0.0188. The number of hydrogen-bond donors (Lipinski definition) is 0. The molecule has 0 aromatic heterocycles. The van der Waals surface area contributed by atoms with E-state index in [1.54, 1.807) is 19.1 Å². The van der Waals surface area contributed by atoms with Gasteiger partial charge in [0.1, 0.15) is 0 Å². The van der Waals surface area contributed by atoms with Crippen molar-refractivity contribution >= 4 is 19.9 Å². The van der Waals surface area contributed by atoms with Gasteiger partial charge in [-0.15, -0.1) is 0 Å². The van der Waals surface area contributed by atoms with Crippen molar-refractivity contribution in [3.05, 3.63) is 29.3 Å². The second kappa shape index (κ2) is 9.03. The van der Waals surface area contributed by atoms with Gasteiger partial charge >= 0.3 is 0 Å². The molecule has 0 N–H and O–H groups in total. The van der Waals surface area contributed by atoms with Gasteiger partial charge < -0.3 is 4.90 Å². The zero-order valence-electron chi connectivity index (χ0n) is 16.8. The molecule has 1 atom stereocenters. The number of hydrogen-bond acceptors (Lipinski definition) is 5. The van der Waals surface area contributed by atoms with Crippen LogP contribution in [0.25, 0.3) is 0 Å². The Morgan fingerprint density at radius 2 is 1.78 bits per heavy atom. The monoisotopic (exact) mass is 416 g/mol. The zero-order valence-corrected chi connectivity index (χ0v) is 18.4. The van der Waals surface area contributed by atoms with Crippen LogP contribution in [0.2, 0.25) is 0 Å². The Labute approximate surface area is 164 Å². The van der Waals surface area contributed by atoms with Crippen molar-refractivity contribution in [1.29, 1.82) is 0 Å². The standard InChI is InChI=1S/C19H32N2O4S2/c1-5-20(6-2)11-7-12-21(18-10-13-26(22,23)15-18)27(24,25)19-9-8-16(3)14-17(19)4/h8-9,14,18H,5-7,10-13,15H2,1-4H3/t18-/m1/s1. The molecule has 0 unspecified atom stereocenters. The smallest absolute Gasteiger partial charge is 0.243 e. The summed E-state index contributed by atoms with van der Waals surface area (Å²) < 4.78 is 52.2. The molecular formula is C19H32N2O4S2. The minimum Gasteiger partial charge on any atom is -0.304 e. The van der Waals surface area contributed by atoms with Gasteiger partial charge in [-0.1, -0.05) is 31.5 Å². The van der Waals surface area contributed by atoms with Gasteiger partial charge in [0, 0.05) is 12.6 Å². The quantitative estimate of drug-likeness (QED) is 0.617. The molecule has 1 saturated heterocycles. The Hall–Kier alpha value is -0.960. The van der Waals surface area contributed by atoms with Crippen molar-refractivity contribution in [1.82, 2.24) is 9.21 Å². The third-order valence-corrected chi connectivity index (χ3v) is 9.14. The van der Waals surface area contributed by atoms with E-state index in [1.807, 2.05) is 13.0 Å². The Balaban J connectivity index is 2.30. The van der Waals surface area contributed by atoms with Crippen LogP contribution in [0, 0.1) is 13.8 Å². The van der Waals surface area contributed by atoms with E-state index in [0.717, 1.165) is 25.2 Å². The van der Waals surface area contributed by atoms with Gasteiger partial charge in [0.2, 0.25) is 10.0 Å². The molecule has 0 amide bonds. The number of sulfone groups is 1. The van der Waals surface area contributed by atoms with Gasteiger partial charge in [-0.2, -0.15) is 4.31 Å². The predicted molar refractivity (Wildman–Crippen MR) is 109 cm³/mol. The fourth-order valence-corrected chi connectivity index (χ4v) is 7.43. The number of rotatable bonds is 9. The van der Waals surface area contributed by atoms with Crippen LogP contribution in [0.1, 0.15) is 37.8 Å². The summed E-state index contributed by atoms with van der Waals surface area (Å²) in [6.07, 6.45) is 1.06. The first kappa shape index (κ1) is 22.3. The van der Waals surface area contributed by atoms with Crippen molar-refractivity contribution in [2.24, 2.45) is 0 Å². The lowest BCUT2D eigenvalue weighted by molar-refractivity contribution is 0.269. The van der Waals surface area contributed by atoms with Crippen LogP contribution in [0.4, 0.5) is 0 Å². The zero-order chi connectivity index (χ0) is 20.2. The molecule has 0 bridgehead atoms. The average Bonchev–Trinajstić information content (AvgIpc) is 2.94. The summed E-state index contributed by atoms with van der Waals surface area (Å²) >= 11 is 0. The van der Waals surface area contributed by atoms with Crippen LogP contribution in [-0.4, -0.2) is 69.8 Å². The summed E-state index contributed by atoms with van der Waals surface area (Å²) in [4.78, 5) is 2.52. The van der Waals surface area contributed by atoms with Gasteiger partial charge in [-0.25, -0.2) is 16.8 Å². The molecule has 1 heterocycles. The molecule has 1 aromatic rings. The van der Waals surface area contributed by atoms with Crippen LogP contribution in [0.3, 0.4) is 0 Å². The van der Waals surface area contributed by atoms with E-state index in [1.165, 1.54) is 4.31 Å². The average molecular weight is 417 g/mol. The van der Waals surface area contributed by atoms with Crippen molar-refractivity contribution in [2.45, 2.75) is 51.5 Å². The van der Waals surface area contributed by atoms with E-state index < -0.39 is 25.9 Å².